The first-order valence-electron chi connectivity index (χ1n) is 6.04. The molecule has 1 amide bonds. The monoisotopic (exact) mass is 310 g/mol. The van der Waals surface area contributed by atoms with Crippen molar-refractivity contribution in [2.75, 3.05) is 12.3 Å². The highest BCUT2D eigenvalue weighted by Gasteiger charge is 2.21. The van der Waals surface area contributed by atoms with E-state index >= 15 is 0 Å². The lowest BCUT2D eigenvalue weighted by Crippen LogP contribution is -2.30. The van der Waals surface area contributed by atoms with E-state index in [-0.39, 0.29) is 17.0 Å². The maximum Gasteiger partial charge on any atom is 0.336 e. The molecule has 1 aromatic rings. The van der Waals surface area contributed by atoms with E-state index < -0.39 is 27.5 Å². The van der Waals surface area contributed by atoms with E-state index in [0.29, 0.717) is 12.0 Å². The minimum atomic E-state index is -3.96. The lowest BCUT2D eigenvalue weighted by atomic mass is 10.1. The fraction of sp³-hybridized carbons (Fsp3) is 0.308. The SMILES string of the molecule is CCc1ccc(S(=O)(=O)CC(=O)NCC#N)cc1C(=O)O. The summed E-state index contributed by atoms with van der Waals surface area (Å²) in [5.74, 6) is -2.87. The first kappa shape index (κ1) is 16.7. The van der Waals surface area contributed by atoms with Gasteiger partial charge in [-0.1, -0.05) is 13.0 Å². The number of aryl methyl sites for hydroxylation is 1. The van der Waals surface area contributed by atoms with Gasteiger partial charge in [-0.2, -0.15) is 5.26 Å². The lowest BCUT2D eigenvalue weighted by Gasteiger charge is -2.08. The van der Waals surface area contributed by atoms with E-state index in [9.17, 15) is 18.0 Å². The van der Waals surface area contributed by atoms with Crippen LogP contribution >= 0.6 is 0 Å². The summed E-state index contributed by atoms with van der Waals surface area (Å²) in [4.78, 5) is 22.3. The standard InChI is InChI=1S/C13H14N2O5S/c1-2-9-3-4-10(7-11(9)13(17)18)21(19,20)8-12(16)15-6-5-14/h3-4,7H,2,6,8H2,1H3,(H,15,16)(H,17,18). The number of rotatable bonds is 6. The van der Waals surface area contributed by atoms with E-state index in [1.54, 1.807) is 13.0 Å². The molecule has 0 aliphatic carbocycles. The van der Waals surface area contributed by atoms with Crippen LogP contribution in [0.15, 0.2) is 23.1 Å². The summed E-state index contributed by atoms with van der Waals surface area (Å²) in [6, 6.07) is 5.40. The number of sulfone groups is 1. The van der Waals surface area contributed by atoms with E-state index in [4.69, 9.17) is 10.4 Å². The zero-order valence-corrected chi connectivity index (χ0v) is 12.1. The zero-order valence-electron chi connectivity index (χ0n) is 11.3. The zero-order chi connectivity index (χ0) is 16.0. The number of nitrogens with one attached hydrogen (secondary N) is 1. The molecule has 0 aromatic heterocycles. The number of carboxylic acids is 1. The van der Waals surface area contributed by atoms with Crippen molar-refractivity contribution in [3.05, 3.63) is 29.3 Å². The van der Waals surface area contributed by atoms with Gasteiger partial charge in [0.05, 0.1) is 16.5 Å². The molecule has 0 aliphatic rings. The molecule has 0 spiro atoms. The molecule has 1 aromatic carbocycles. The van der Waals surface area contributed by atoms with Crippen molar-refractivity contribution in [3.8, 4) is 6.07 Å². The molecule has 0 fully saturated rings. The van der Waals surface area contributed by atoms with Crippen molar-refractivity contribution in [3.63, 3.8) is 0 Å². The highest BCUT2D eigenvalue weighted by molar-refractivity contribution is 7.92. The van der Waals surface area contributed by atoms with Crippen LogP contribution in [0.4, 0.5) is 0 Å². The van der Waals surface area contributed by atoms with E-state index in [1.807, 2.05) is 0 Å². The van der Waals surface area contributed by atoms with Gasteiger partial charge in [0.2, 0.25) is 5.91 Å². The second-order valence-corrected chi connectivity index (χ2v) is 6.16. The largest absolute Gasteiger partial charge is 0.478 e. The summed E-state index contributed by atoms with van der Waals surface area (Å²) < 4.78 is 24.1. The third kappa shape index (κ3) is 4.29. The van der Waals surface area contributed by atoms with Crippen LogP contribution in [0, 0.1) is 11.3 Å². The second kappa shape index (κ2) is 6.85. The third-order valence-corrected chi connectivity index (χ3v) is 4.35. The normalized spacial score (nSPS) is 10.7. The van der Waals surface area contributed by atoms with E-state index in [2.05, 4.69) is 5.32 Å². The number of carbonyl (C=O) groups excluding carboxylic acids is 1. The fourth-order valence-electron chi connectivity index (χ4n) is 1.70. The second-order valence-electron chi connectivity index (χ2n) is 4.17. The molecule has 0 saturated carbocycles. The molecular formula is C13H14N2O5S. The van der Waals surface area contributed by atoms with Crippen molar-refractivity contribution in [2.45, 2.75) is 18.2 Å². The van der Waals surface area contributed by atoms with E-state index in [1.165, 1.54) is 12.1 Å². The smallest absolute Gasteiger partial charge is 0.336 e. The van der Waals surface area contributed by atoms with Crippen LogP contribution in [0.5, 0.6) is 0 Å². The van der Waals surface area contributed by atoms with Crippen LogP contribution < -0.4 is 5.32 Å². The summed E-state index contributed by atoms with van der Waals surface area (Å²) >= 11 is 0. The first-order chi connectivity index (χ1) is 9.81. The average molecular weight is 310 g/mol. The molecule has 7 nitrogen and oxygen atoms in total. The number of carbonyl (C=O) groups is 2. The Hall–Kier alpha value is -2.40. The third-order valence-electron chi connectivity index (χ3n) is 2.74. The maximum absolute atomic E-state index is 12.0. The average Bonchev–Trinajstić information content (AvgIpc) is 2.43. The Balaban J connectivity index is 3.10. The number of nitrogens with zero attached hydrogens (tertiary/aromatic N) is 1. The minimum absolute atomic E-state index is 0.101. The summed E-state index contributed by atoms with van der Waals surface area (Å²) in [6.45, 7) is 1.47. The molecule has 0 saturated heterocycles. The Morgan fingerprint density at radius 2 is 2.05 bits per heavy atom. The van der Waals surface area contributed by atoms with Gasteiger partial charge in [0.25, 0.3) is 0 Å². The molecule has 8 heteroatoms. The molecule has 0 atom stereocenters. The predicted octanol–water partition coefficient (Wildman–Crippen LogP) is 0.361. The number of aromatic carboxylic acids is 1. The number of nitriles is 1. The Kier molecular flexibility index (Phi) is 5.44. The van der Waals surface area contributed by atoms with Gasteiger partial charge in [0.1, 0.15) is 12.3 Å². The summed E-state index contributed by atoms with van der Waals surface area (Å²) in [5, 5.41) is 19.5. The quantitative estimate of drug-likeness (QED) is 0.731. The van der Waals surface area contributed by atoms with Gasteiger partial charge < -0.3 is 10.4 Å². The van der Waals surface area contributed by atoms with Crippen LogP contribution in [0.2, 0.25) is 0 Å². The van der Waals surface area contributed by atoms with Gasteiger partial charge in [0.15, 0.2) is 9.84 Å². The van der Waals surface area contributed by atoms with Crippen molar-refractivity contribution in [1.29, 1.82) is 5.26 Å². The van der Waals surface area contributed by atoms with Crippen LogP contribution in [0.3, 0.4) is 0 Å². The highest BCUT2D eigenvalue weighted by Crippen LogP contribution is 2.18. The first-order valence-corrected chi connectivity index (χ1v) is 7.69. The van der Waals surface area contributed by atoms with Gasteiger partial charge in [0, 0.05) is 0 Å². The summed E-state index contributed by atoms with van der Waals surface area (Å²) in [7, 11) is -3.96. The Bertz CT molecular complexity index is 704. The minimum Gasteiger partial charge on any atom is -0.478 e. The number of amides is 1. The van der Waals surface area contributed by atoms with E-state index in [0.717, 1.165) is 6.07 Å². The van der Waals surface area contributed by atoms with Gasteiger partial charge in [-0.3, -0.25) is 4.79 Å². The van der Waals surface area contributed by atoms with Crippen molar-refractivity contribution in [1.82, 2.24) is 5.32 Å². The van der Waals surface area contributed by atoms with Crippen molar-refractivity contribution < 1.29 is 23.1 Å². The van der Waals surface area contributed by atoms with Gasteiger partial charge in [-0.05, 0) is 24.1 Å². The maximum atomic E-state index is 12.0. The molecule has 1 rings (SSSR count). The van der Waals surface area contributed by atoms with Gasteiger partial charge in [-0.15, -0.1) is 0 Å². The fourth-order valence-corrected chi connectivity index (χ4v) is 2.89. The molecule has 0 aliphatic heterocycles. The van der Waals surface area contributed by atoms with Gasteiger partial charge >= 0.3 is 5.97 Å². The molecule has 2 N–H and O–H groups in total. The van der Waals surface area contributed by atoms with Gasteiger partial charge in [-0.25, -0.2) is 13.2 Å². The number of benzene rings is 1. The Morgan fingerprint density at radius 3 is 2.57 bits per heavy atom. The number of hydrogen-bond acceptors (Lipinski definition) is 5. The van der Waals surface area contributed by atoms with Crippen LogP contribution in [0.1, 0.15) is 22.8 Å². The van der Waals surface area contributed by atoms with Crippen molar-refractivity contribution >= 4 is 21.7 Å². The highest BCUT2D eigenvalue weighted by atomic mass is 32.2. The molecule has 0 radical (unpaired) electrons. The summed E-state index contributed by atoms with van der Waals surface area (Å²) in [6.07, 6.45) is 0.449. The predicted molar refractivity (Wildman–Crippen MR) is 73.5 cm³/mol. The number of carboxylic acid groups (broad SMARTS) is 1. The van der Waals surface area contributed by atoms with Crippen LogP contribution in [-0.2, 0) is 21.1 Å². The Morgan fingerprint density at radius 1 is 1.38 bits per heavy atom. The lowest BCUT2D eigenvalue weighted by molar-refractivity contribution is -0.118. The van der Waals surface area contributed by atoms with Crippen LogP contribution in [-0.4, -0.2) is 37.7 Å². The molecule has 112 valence electrons. The molecule has 0 bridgehead atoms. The molecule has 0 heterocycles. The molecule has 0 unspecified atom stereocenters. The number of hydrogen-bond donors (Lipinski definition) is 2. The Labute approximate surface area is 122 Å². The topological polar surface area (TPSA) is 124 Å². The molecule has 21 heavy (non-hydrogen) atoms. The van der Waals surface area contributed by atoms with Crippen LogP contribution in [0.25, 0.3) is 0 Å². The summed E-state index contributed by atoms with van der Waals surface area (Å²) in [5.41, 5.74) is 0.409. The van der Waals surface area contributed by atoms with Crippen molar-refractivity contribution in [2.24, 2.45) is 0 Å². The molecular weight excluding hydrogens is 296 g/mol.